The van der Waals surface area contributed by atoms with Crippen LogP contribution in [0.25, 0.3) is 0 Å². The molecule has 62 heavy (non-hydrogen) atoms. The zero-order valence-corrected chi connectivity index (χ0v) is 32.2. The second kappa shape index (κ2) is 13.8. The molecule has 4 aliphatic rings. The zero-order valence-electron chi connectivity index (χ0n) is 32.2. The van der Waals surface area contributed by atoms with Crippen molar-refractivity contribution in [3.8, 4) is 5.75 Å². The molecule has 3 N–H and O–H groups in total. The minimum Gasteiger partial charge on any atom is -0.405 e. The molecular formula is C40H31F13N6O3. The second-order valence-electron chi connectivity index (χ2n) is 16.9. The molecule has 2 aromatic heterocycles. The van der Waals surface area contributed by atoms with E-state index < -0.39 is 146 Å². The van der Waals surface area contributed by atoms with Crippen molar-refractivity contribution >= 4 is 23.2 Å². The maximum atomic E-state index is 15.5. The number of alkyl halides is 12. The highest BCUT2D eigenvalue weighted by atomic mass is 19.4. The third kappa shape index (κ3) is 7.47. The Morgan fingerprint density at radius 1 is 0.726 bits per heavy atom. The number of aromatic nitrogens is 4. The number of hydrogen-bond donors (Lipinski definition) is 3. The average molecular weight is 891 g/mol. The summed E-state index contributed by atoms with van der Waals surface area (Å²) in [5.41, 5.74) is -11.1. The molecule has 0 fully saturated rings. The number of ketones is 2. The van der Waals surface area contributed by atoms with E-state index in [1.807, 2.05) is 0 Å². The number of ether oxygens (including phenoxy) is 1. The van der Waals surface area contributed by atoms with Gasteiger partial charge >= 0.3 is 24.9 Å². The summed E-state index contributed by atoms with van der Waals surface area (Å²) in [4.78, 5) is 28.1. The van der Waals surface area contributed by atoms with Gasteiger partial charge in [-0.2, -0.15) is 49.7 Å². The number of benzene rings is 2. The van der Waals surface area contributed by atoms with Gasteiger partial charge in [0, 0.05) is 70.5 Å². The molecule has 2 aromatic carbocycles. The smallest absolute Gasteiger partial charge is 0.405 e. The fourth-order valence-corrected chi connectivity index (χ4v) is 9.30. The van der Waals surface area contributed by atoms with E-state index in [4.69, 9.17) is 0 Å². The number of carbonyl (C=O) groups excluding carboxylic acids is 2. The van der Waals surface area contributed by atoms with Crippen LogP contribution in [0.1, 0.15) is 97.5 Å². The minimum atomic E-state index is -5.43. The quantitative estimate of drug-likeness (QED) is 0.171. The number of fused-ring (bicyclic) bond motifs is 2. The number of rotatable bonds is 5. The normalized spacial score (nSPS) is 22.7. The maximum Gasteiger partial charge on any atom is 0.573 e. The Kier molecular flexibility index (Phi) is 9.56. The van der Waals surface area contributed by atoms with E-state index in [1.165, 1.54) is 13.0 Å². The van der Waals surface area contributed by atoms with Crippen LogP contribution < -0.4 is 15.4 Å². The predicted molar refractivity (Wildman–Crippen MR) is 191 cm³/mol. The number of halogens is 13. The van der Waals surface area contributed by atoms with Crippen molar-refractivity contribution < 1.29 is 71.4 Å². The Bertz CT molecular complexity index is 2610. The number of hydrogen-bond acceptors (Lipinski definition) is 7. The second-order valence-corrected chi connectivity index (χ2v) is 16.9. The Morgan fingerprint density at radius 2 is 1.34 bits per heavy atom. The van der Waals surface area contributed by atoms with Gasteiger partial charge < -0.3 is 15.4 Å². The van der Waals surface area contributed by atoms with Crippen molar-refractivity contribution in [3.63, 3.8) is 0 Å². The molecule has 9 nitrogen and oxygen atoms in total. The van der Waals surface area contributed by atoms with Crippen LogP contribution in [0.4, 0.5) is 68.7 Å². The number of carbonyl (C=O) groups is 2. The van der Waals surface area contributed by atoms with E-state index in [2.05, 4.69) is 25.6 Å². The van der Waals surface area contributed by atoms with Crippen LogP contribution in [0.15, 0.2) is 65.0 Å². The lowest BCUT2D eigenvalue weighted by Crippen LogP contribution is -2.39. The summed E-state index contributed by atoms with van der Waals surface area (Å²) < 4.78 is 193. The van der Waals surface area contributed by atoms with Crippen LogP contribution in [0.5, 0.6) is 5.75 Å². The molecule has 22 heteroatoms. The molecule has 3 atom stereocenters. The summed E-state index contributed by atoms with van der Waals surface area (Å²) >= 11 is 0. The lowest BCUT2D eigenvalue weighted by atomic mass is 9.67. The van der Waals surface area contributed by atoms with Crippen LogP contribution in [0.2, 0.25) is 0 Å². The Balaban J connectivity index is 1.27. The van der Waals surface area contributed by atoms with E-state index in [9.17, 15) is 53.5 Å². The van der Waals surface area contributed by atoms with Gasteiger partial charge in [0.1, 0.15) is 23.0 Å². The van der Waals surface area contributed by atoms with Crippen LogP contribution in [0, 0.1) is 16.6 Å². The number of nitrogens with one attached hydrogen (secondary N) is 3. The first-order valence-corrected chi connectivity index (χ1v) is 18.7. The lowest BCUT2D eigenvalue weighted by Gasteiger charge is -2.40. The molecule has 4 heterocycles. The molecule has 0 amide bonds. The van der Waals surface area contributed by atoms with Gasteiger partial charge in [-0.05, 0) is 53.5 Å². The zero-order chi connectivity index (χ0) is 45.3. The SMILES string of the molecule is CC1(C)CC(=O)C2=C(C1)Nc1nn(CC3(C)CC(=O)C4=C(C3)Nc3n[nH]c(C(F)(F)F)c3C4c3cc(F)ccc3OC(F)(F)F)c(C(F)(F)F)c1C2c1ccccc1C(F)(F)F. The Morgan fingerprint density at radius 3 is 1.97 bits per heavy atom. The predicted octanol–water partition coefficient (Wildman–Crippen LogP) is 10.8. The number of nitrogens with zero attached hydrogens (tertiary/aromatic N) is 3. The number of anilines is 2. The number of aromatic amines is 1. The molecule has 2 aliphatic carbocycles. The highest BCUT2D eigenvalue weighted by molar-refractivity contribution is 6.02. The molecule has 3 unspecified atom stereocenters. The van der Waals surface area contributed by atoms with Crippen molar-refractivity contribution in [1.82, 2.24) is 20.0 Å². The van der Waals surface area contributed by atoms with Gasteiger partial charge in [0.05, 0.1) is 5.56 Å². The molecule has 0 radical (unpaired) electrons. The van der Waals surface area contributed by atoms with Crippen molar-refractivity contribution in [2.45, 2.75) is 89.7 Å². The highest BCUT2D eigenvalue weighted by Gasteiger charge is 2.53. The maximum absolute atomic E-state index is 15.5. The van der Waals surface area contributed by atoms with Gasteiger partial charge in [0.15, 0.2) is 23.2 Å². The summed E-state index contributed by atoms with van der Waals surface area (Å²) in [7, 11) is 0. The third-order valence-electron chi connectivity index (χ3n) is 11.4. The molecule has 2 aliphatic heterocycles. The van der Waals surface area contributed by atoms with Gasteiger partial charge in [-0.1, -0.05) is 39.0 Å². The van der Waals surface area contributed by atoms with E-state index >= 15 is 13.2 Å². The van der Waals surface area contributed by atoms with Gasteiger partial charge in [-0.15, -0.1) is 13.2 Å². The largest absolute Gasteiger partial charge is 0.573 e. The molecule has 0 saturated heterocycles. The van der Waals surface area contributed by atoms with Gasteiger partial charge in [-0.25, -0.2) is 4.39 Å². The summed E-state index contributed by atoms with van der Waals surface area (Å²) in [5, 5.41) is 15.0. The number of Topliss-reactive ketones (excluding diaryl/α,β-unsaturated/α-hetero) is 2. The van der Waals surface area contributed by atoms with E-state index in [-0.39, 0.29) is 29.8 Å². The van der Waals surface area contributed by atoms with E-state index in [0.717, 1.165) is 12.1 Å². The molecule has 0 bridgehead atoms. The van der Waals surface area contributed by atoms with Crippen LogP contribution in [-0.4, -0.2) is 37.9 Å². The van der Waals surface area contributed by atoms with Crippen LogP contribution in [-0.2, 0) is 34.7 Å². The first-order chi connectivity index (χ1) is 28.6. The van der Waals surface area contributed by atoms with Crippen molar-refractivity contribution in [2.24, 2.45) is 10.8 Å². The molecule has 330 valence electrons. The topological polar surface area (TPSA) is 114 Å². The standard InChI is InChI=1S/C40H31F13N6O3/c1-35(2)11-20-27(22(60)13-35)25(17-6-4-5-7-19(17)37(42,43)44)30-32(39(48,49)50)59(58-34(30)55-20)15-36(3)12-21-28(23(61)14-36)26(29-31(38(45,46)47)56-57-33(29)54-21)18-10-16(41)8-9-24(18)62-40(51,52)53/h4-10,25-26H,11-15H2,1-3H3,(H,55,58)(H2,54,56,57). The van der Waals surface area contributed by atoms with Gasteiger partial charge in [0.2, 0.25) is 0 Å². The fourth-order valence-electron chi connectivity index (χ4n) is 9.30. The van der Waals surface area contributed by atoms with Gasteiger partial charge in [-0.3, -0.25) is 19.4 Å². The van der Waals surface area contributed by atoms with Gasteiger partial charge in [0.25, 0.3) is 0 Å². The average Bonchev–Trinajstić information content (AvgIpc) is 3.70. The fraction of sp³-hybridized carbons (Fsp3) is 0.400. The van der Waals surface area contributed by atoms with Crippen LogP contribution >= 0.6 is 0 Å². The van der Waals surface area contributed by atoms with Crippen molar-refractivity contribution in [2.75, 3.05) is 10.6 Å². The molecule has 0 saturated carbocycles. The van der Waals surface area contributed by atoms with Crippen molar-refractivity contribution in [1.29, 1.82) is 0 Å². The molecule has 4 aromatic rings. The molecular weight excluding hydrogens is 859 g/mol. The number of allylic oxidation sites excluding steroid dienone is 4. The molecule has 0 spiro atoms. The number of H-pyrrole nitrogens is 1. The molecule has 8 rings (SSSR count). The summed E-state index contributed by atoms with van der Waals surface area (Å²) in [6.45, 7) is 3.92. The Labute approximate surface area is 341 Å². The van der Waals surface area contributed by atoms with Crippen LogP contribution in [0.3, 0.4) is 0 Å². The highest BCUT2D eigenvalue weighted by Crippen LogP contribution is 2.57. The summed E-state index contributed by atoms with van der Waals surface area (Å²) in [6.07, 6.45) is -22.5. The van der Waals surface area contributed by atoms with E-state index in [1.54, 1.807) is 18.9 Å². The monoisotopic (exact) mass is 890 g/mol. The lowest BCUT2D eigenvalue weighted by molar-refractivity contribution is -0.275. The van der Waals surface area contributed by atoms with Crippen molar-refractivity contribution in [3.05, 3.63) is 110 Å². The first kappa shape index (κ1) is 42.8. The third-order valence-corrected chi connectivity index (χ3v) is 11.4. The minimum absolute atomic E-state index is 0.0503. The summed E-state index contributed by atoms with van der Waals surface area (Å²) in [5.74, 6) is -9.25. The van der Waals surface area contributed by atoms with E-state index in [0.29, 0.717) is 28.9 Å². The first-order valence-electron chi connectivity index (χ1n) is 18.7. The Hall–Kier alpha value is -5.83. The summed E-state index contributed by atoms with van der Waals surface area (Å²) in [6, 6.07) is 5.42.